The molecule has 0 aromatic rings. The van der Waals surface area contributed by atoms with Crippen LogP contribution in [0.5, 0.6) is 0 Å². The molecule has 0 spiro atoms. The fraction of sp³-hybridized carbons (Fsp3) is 0.750. The Morgan fingerprint density at radius 3 is 1.07 bits per heavy atom. The van der Waals surface area contributed by atoms with Crippen LogP contribution < -0.4 is 0 Å². The molecule has 159 valence electrons. The van der Waals surface area contributed by atoms with Crippen molar-refractivity contribution in [1.29, 1.82) is 0 Å². The molecule has 0 saturated carbocycles. The molecule has 0 heterocycles. The van der Waals surface area contributed by atoms with Crippen molar-refractivity contribution in [2.24, 2.45) is 0 Å². The zero-order chi connectivity index (χ0) is 22.0. The molecule has 0 saturated heterocycles. The smallest absolute Gasteiger partial charge is 0.273 e. The molecule has 0 aromatic carbocycles. The van der Waals surface area contributed by atoms with Crippen LogP contribution in [-0.2, 0) is 26.2 Å². The molecule has 0 unspecified atom stereocenters. The SMILES string of the molecule is CC(C)[NH-].CC(C)[NH-].CC(C)[NH-].F[C](F)(F)[GeH][C](F)(F)F.[C-]1=CC=CC1.[Zr+4]. The Bertz CT molecular complexity index is 299. The van der Waals surface area contributed by atoms with Crippen LogP contribution in [0.2, 0.25) is 0 Å². The third kappa shape index (κ3) is 121. The first-order valence-corrected chi connectivity index (χ1v) is 10.2. The fourth-order valence-electron chi connectivity index (χ4n) is 0.526. The number of rotatable bonds is 0. The van der Waals surface area contributed by atoms with Crippen LogP contribution in [0.25, 0.3) is 17.2 Å². The minimum Gasteiger partial charge on any atom is -0.273 e. The summed E-state index contributed by atoms with van der Waals surface area (Å²) in [6.45, 7) is 11.0. The Balaban J connectivity index is -0.0000000780. The van der Waals surface area contributed by atoms with Crippen LogP contribution >= 0.6 is 0 Å². The van der Waals surface area contributed by atoms with E-state index in [0.717, 1.165) is 6.42 Å². The van der Waals surface area contributed by atoms with Crippen molar-refractivity contribution in [3.63, 3.8) is 0 Å². The van der Waals surface area contributed by atoms with Crippen LogP contribution in [0.1, 0.15) is 48.0 Å². The van der Waals surface area contributed by atoms with Crippen molar-refractivity contribution in [2.45, 2.75) is 76.1 Å². The maximum absolute atomic E-state index is 10.9. The summed E-state index contributed by atoms with van der Waals surface area (Å²) in [5.41, 5.74) is 19.8. The third-order valence-electron chi connectivity index (χ3n) is 0.913. The van der Waals surface area contributed by atoms with Gasteiger partial charge in [0.2, 0.25) is 0 Å². The quantitative estimate of drug-likeness (QED) is 0.178. The summed E-state index contributed by atoms with van der Waals surface area (Å²) in [6, 6.07) is 0.250. The number of halogens is 6. The Kier molecular flexibility index (Phi) is 31.9. The summed E-state index contributed by atoms with van der Waals surface area (Å²) in [7, 11) is 0. The van der Waals surface area contributed by atoms with E-state index in [2.05, 4.69) is 12.2 Å². The molecule has 0 atom stereocenters. The van der Waals surface area contributed by atoms with E-state index < -0.39 is 25.4 Å². The van der Waals surface area contributed by atoms with E-state index in [4.69, 9.17) is 17.2 Å². The zero-order valence-corrected chi connectivity index (χ0v) is 21.4. The first-order valence-electron chi connectivity index (χ1n) is 7.76. The first kappa shape index (κ1) is 38.0. The van der Waals surface area contributed by atoms with Gasteiger partial charge in [-0.05, 0) is 0 Å². The van der Waals surface area contributed by atoms with Crippen molar-refractivity contribution in [2.75, 3.05) is 0 Å². The summed E-state index contributed by atoms with van der Waals surface area (Å²) in [4.78, 5) is 0. The molecule has 1 aliphatic carbocycles. The molecule has 11 heteroatoms. The van der Waals surface area contributed by atoms with Crippen LogP contribution in [0.3, 0.4) is 0 Å². The van der Waals surface area contributed by atoms with Gasteiger partial charge >= 0.3 is 78.0 Å². The number of alkyl halides is 6. The molecule has 1 rings (SSSR count). The minimum atomic E-state index is -4.98. The Hall–Kier alpha value is 0.366. The molecule has 3 nitrogen and oxygen atoms in total. The van der Waals surface area contributed by atoms with Crippen LogP contribution in [-0.4, -0.2) is 43.6 Å². The molecule has 0 aliphatic heterocycles. The number of hydrogen-bond acceptors (Lipinski definition) is 0. The average Bonchev–Trinajstić information content (AvgIpc) is 2.77. The largest absolute Gasteiger partial charge is 4.00 e. The Labute approximate surface area is 185 Å². The third-order valence-corrected chi connectivity index (χ3v) is 2.29. The summed E-state index contributed by atoms with van der Waals surface area (Å²) in [5, 5.41) is -9.97. The summed E-state index contributed by atoms with van der Waals surface area (Å²) in [5.74, 6) is 0. The van der Waals surface area contributed by atoms with Crippen molar-refractivity contribution >= 4 is 15.4 Å². The monoisotopic (exact) mass is 542 g/mol. The normalized spacial score (nSPS) is 11.9. The second-order valence-corrected chi connectivity index (χ2v) is 9.05. The van der Waals surface area contributed by atoms with Crippen molar-refractivity contribution in [3.8, 4) is 0 Å². The molecule has 0 aromatic heterocycles. The zero-order valence-electron chi connectivity index (χ0n) is 16.5. The van der Waals surface area contributed by atoms with Gasteiger partial charge in [-0.15, -0.1) is 24.5 Å². The minimum absolute atomic E-state index is 0. The summed E-state index contributed by atoms with van der Waals surface area (Å²) < 4.78 is 65.4. The molecule has 0 bridgehead atoms. The van der Waals surface area contributed by atoms with Gasteiger partial charge in [-0.3, -0.25) is 6.08 Å². The molecule has 1 aliphatic rings. The topological polar surface area (TPSA) is 71.4 Å². The molecule has 1 radical (unpaired) electrons. The molecule has 0 fully saturated rings. The van der Waals surface area contributed by atoms with Gasteiger partial charge in [-0.2, -0.15) is 6.08 Å². The molecule has 3 N–H and O–H groups in total. The van der Waals surface area contributed by atoms with Gasteiger partial charge in [0.25, 0.3) is 0 Å². The predicted octanol–water partition coefficient (Wildman–Crippen LogP) is 7.11. The van der Waals surface area contributed by atoms with E-state index in [1.165, 1.54) is 0 Å². The van der Waals surface area contributed by atoms with Gasteiger partial charge < -0.3 is 17.2 Å². The Morgan fingerprint density at radius 2 is 1.04 bits per heavy atom. The van der Waals surface area contributed by atoms with Gasteiger partial charge in [0.15, 0.2) is 0 Å². The maximum Gasteiger partial charge on any atom is 4.00 e. The molecular weight excluding hydrogens is 512 g/mol. The van der Waals surface area contributed by atoms with E-state index >= 15 is 0 Å². The summed E-state index contributed by atoms with van der Waals surface area (Å²) in [6.07, 6.45) is 10.0. The number of allylic oxidation sites excluding steroid dienone is 4. The maximum atomic E-state index is 10.9. The number of nitrogens with one attached hydrogen (secondary N) is 3. The van der Waals surface area contributed by atoms with E-state index in [-0.39, 0.29) is 44.3 Å². The standard InChI is InChI=1S/C5H5.3C3H8N.C2HF6Ge.Zr/c1-2-4-5-3-1;3*1-3(2)4;3-1(4,5)9-2(6,7)8;/h1-3H,4H2;3*3-4H,1-2H3;9H;/q4*-1;;+4. The van der Waals surface area contributed by atoms with Gasteiger partial charge in [-0.25, -0.2) is 12.2 Å². The number of hydrogen-bond donors (Lipinski definition) is 0. The van der Waals surface area contributed by atoms with E-state index in [9.17, 15) is 26.3 Å². The second-order valence-electron chi connectivity index (χ2n) is 5.69. The fourth-order valence-corrected chi connectivity index (χ4v) is 1.30. The second kappa shape index (κ2) is 22.7. The van der Waals surface area contributed by atoms with Crippen molar-refractivity contribution < 1.29 is 52.5 Å². The van der Waals surface area contributed by atoms with E-state index in [1.54, 1.807) is 0 Å². The molecule has 0 amide bonds. The predicted molar refractivity (Wildman–Crippen MR) is 99.2 cm³/mol. The first-order chi connectivity index (χ1) is 11.4. The Morgan fingerprint density at radius 1 is 0.778 bits per heavy atom. The van der Waals surface area contributed by atoms with Crippen molar-refractivity contribution in [1.82, 2.24) is 0 Å². The van der Waals surface area contributed by atoms with Crippen LogP contribution in [0, 0.1) is 6.08 Å². The van der Waals surface area contributed by atoms with Crippen LogP contribution in [0.4, 0.5) is 26.3 Å². The van der Waals surface area contributed by atoms with Crippen LogP contribution in [0.15, 0.2) is 18.2 Å². The van der Waals surface area contributed by atoms with Gasteiger partial charge in [0.05, 0.1) is 0 Å². The van der Waals surface area contributed by atoms with Gasteiger partial charge in [0.1, 0.15) is 0 Å². The van der Waals surface area contributed by atoms with E-state index in [0.29, 0.717) is 0 Å². The summed E-state index contributed by atoms with van der Waals surface area (Å²) >= 11 is -4.06. The van der Waals surface area contributed by atoms with E-state index in [1.807, 2.05) is 53.7 Å². The van der Waals surface area contributed by atoms with Crippen molar-refractivity contribution in [3.05, 3.63) is 41.5 Å². The molecular formula is C16H30F6GeN3Zr. The molecule has 27 heavy (non-hydrogen) atoms. The van der Waals surface area contributed by atoms with Gasteiger partial charge in [-0.1, -0.05) is 41.5 Å². The average molecular weight is 542 g/mol. The van der Waals surface area contributed by atoms with Gasteiger partial charge in [0, 0.05) is 0 Å².